The molecule has 24 heavy (non-hydrogen) atoms. The van der Waals surface area contributed by atoms with E-state index < -0.39 is 0 Å². The molecule has 1 aliphatic rings. The molecular weight excluding hydrogens is 415 g/mol. The van der Waals surface area contributed by atoms with Gasteiger partial charge in [0.1, 0.15) is 0 Å². The van der Waals surface area contributed by atoms with Crippen molar-refractivity contribution in [3.8, 4) is 0 Å². The number of fused-ring (bicyclic) bond motifs is 1. The van der Waals surface area contributed by atoms with Crippen molar-refractivity contribution in [3.63, 3.8) is 0 Å². The van der Waals surface area contributed by atoms with E-state index in [4.69, 9.17) is 9.73 Å². The van der Waals surface area contributed by atoms with E-state index in [9.17, 15) is 0 Å². The minimum absolute atomic E-state index is 0. The number of hydrogen-bond acceptors (Lipinski definition) is 2. The summed E-state index contributed by atoms with van der Waals surface area (Å²) in [6, 6.07) is 10.5. The molecule has 5 nitrogen and oxygen atoms in total. The highest BCUT2D eigenvalue weighted by Crippen LogP contribution is 2.16. The van der Waals surface area contributed by atoms with Gasteiger partial charge in [-0.05, 0) is 30.9 Å². The molecule has 0 amide bonds. The monoisotopic (exact) mass is 442 g/mol. The number of hydrogen-bond donors (Lipinski definition) is 2. The van der Waals surface area contributed by atoms with Crippen molar-refractivity contribution in [2.45, 2.75) is 19.9 Å². The molecule has 1 saturated heterocycles. The van der Waals surface area contributed by atoms with Crippen LogP contribution >= 0.6 is 24.0 Å². The van der Waals surface area contributed by atoms with Crippen LogP contribution in [0.3, 0.4) is 0 Å². The van der Waals surface area contributed by atoms with Gasteiger partial charge in [-0.25, -0.2) is 4.99 Å². The third-order valence-corrected chi connectivity index (χ3v) is 4.24. The highest BCUT2D eigenvalue weighted by atomic mass is 127. The van der Waals surface area contributed by atoms with Gasteiger partial charge in [0.05, 0.1) is 13.2 Å². The number of nitrogens with one attached hydrogen (secondary N) is 2. The van der Waals surface area contributed by atoms with E-state index in [0.717, 1.165) is 44.4 Å². The largest absolute Gasteiger partial charge is 0.381 e. The number of nitrogens with zero attached hydrogens (tertiary/aromatic N) is 2. The smallest absolute Gasteiger partial charge is 0.194 e. The number of benzene rings is 1. The lowest BCUT2D eigenvalue weighted by molar-refractivity contribution is 0.181. The van der Waals surface area contributed by atoms with Crippen molar-refractivity contribution in [2.24, 2.45) is 10.9 Å². The van der Waals surface area contributed by atoms with Crippen LogP contribution in [0.1, 0.15) is 19.0 Å². The Morgan fingerprint density at radius 2 is 2.25 bits per heavy atom. The second-order valence-corrected chi connectivity index (χ2v) is 6.16. The summed E-state index contributed by atoms with van der Waals surface area (Å²) < 4.78 is 5.47. The lowest BCUT2D eigenvalue weighted by atomic mass is 10.1. The highest BCUT2D eigenvalue weighted by Gasteiger charge is 2.19. The Bertz CT molecular complexity index is 631. The molecule has 0 bridgehead atoms. The fraction of sp³-hybridized carbons (Fsp3) is 0.500. The standard InChI is InChI=1S/C18H26N4O.HI/c1-3-19-18(22(2)12-14-8-9-23-13-14)20-11-16-10-15-6-4-5-7-17(15)21-16;/h4-7,10,14,21H,3,8-9,11-13H2,1-2H3,(H,19,20);1H. The van der Waals surface area contributed by atoms with Crippen molar-refractivity contribution in [1.29, 1.82) is 0 Å². The summed E-state index contributed by atoms with van der Waals surface area (Å²) in [6.07, 6.45) is 1.14. The molecule has 2 aromatic rings. The summed E-state index contributed by atoms with van der Waals surface area (Å²) in [6.45, 7) is 6.37. The molecule has 0 saturated carbocycles. The maximum atomic E-state index is 5.47. The zero-order valence-electron chi connectivity index (χ0n) is 14.4. The molecule has 6 heteroatoms. The van der Waals surface area contributed by atoms with Crippen molar-refractivity contribution in [2.75, 3.05) is 33.4 Å². The van der Waals surface area contributed by atoms with E-state index in [-0.39, 0.29) is 24.0 Å². The van der Waals surface area contributed by atoms with Crippen LogP contribution in [0.5, 0.6) is 0 Å². The minimum Gasteiger partial charge on any atom is -0.381 e. The Morgan fingerprint density at radius 3 is 2.96 bits per heavy atom. The molecule has 2 N–H and O–H groups in total. The van der Waals surface area contributed by atoms with Gasteiger partial charge in [-0.1, -0.05) is 18.2 Å². The van der Waals surface area contributed by atoms with E-state index in [0.29, 0.717) is 12.5 Å². The zero-order chi connectivity index (χ0) is 16.1. The van der Waals surface area contributed by atoms with Crippen LogP contribution in [0.25, 0.3) is 10.9 Å². The summed E-state index contributed by atoms with van der Waals surface area (Å²) in [5.74, 6) is 1.56. The first-order chi connectivity index (χ1) is 11.3. The Labute approximate surface area is 160 Å². The molecule has 1 aromatic heterocycles. The Hall–Kier alpha value is -1.28. The van der Waals surface area contributed by atoms with Crippen molar-refractivity contribution >= 4 is 40.8 Å². The van der Waals surface area contributed by atoms with E-state index in [2.05, 4.69) is 53.4 Å². The fourth-order valence-corrected chi connectivity index (χ4v) is 3.05. The molecule has 3 rings (SSSR count). The summed E-state index contributed by atoms with van der Waals surface area (Å²) in [4.78, 5) is 10.4. The van der Waals surface area contributed by atoms with Crippen LogP contribution < -0.4 is 5.32 Å². The molecule has 1 unspecified atom stereocenters. The van der Waals surface area contributed by atoms with Gasteiger partial charge in [0.25, 0.3) is 0 Å². The summed E-state index contributed by atoms with van der Waals surface area (Å²) in [5.41, 5.74) is 2.30. The van der Waals surface area contributed by atoms with Gasteiger partial charge >= 0.3 is 0 Å². The molecule has 1 aromatic carbocycles. The topological polar surface area (TPSA) is 52.7 Å². The number of guanidine groups is 1. The first-order valence-corrected chi connectivity index (χ1v) is 8.40. The predicted molar refractivity (Wildman–Crippen MR) is 110 cm³/mol. The van der Waals surface area contributed by atoms with Gasteiger partial charge in [-0.3, -0.25) is 0 Å². The Balaban J connectivity index is 0.00000208. The maximum absolute atomic E-state index is 5.47. The molecule has 1 aliphatic heterocycles. The zero-order valence-corrected chi connectivity index (χ0v) is 16.7. The predicted octanol–water partition coefficient (Wildman–Crippen LogP) is 3.22. The molecule has 2 heterocycles. The fourth-order valence-electron chi connectivity index (χ4n) is 3.05. The third-order valence-electron chi connectivity index (χ3n) is 4.24. The van der Waals surface area contributed by atoms with Gasteiger partial charge in [0.2, 0.25) is 0 Å². The van der Waals surface area contributed by atoms with Crippen LogP contribution in [-0.4, -0.2) is 49.2 Å². The number of aromatic amines is 1. The molecule has 0 aliphatic carbocycles. The lowest BCUT2D eigenvalue weighted by Gasteiger charge is -2.24. The van der Waals surface area contributed by atoms with Crippen LogP contribution in [0.4, 0.5) is 0 Å². The normalized spacial score (nSPS) is 17.8. The quantitative estimate of drug-likeness (QED) is 0.425. The number of aliphatic imine (C=N–C) groups is 1. The number of para-hydroxylation sites is 1. The number of ether oxygens (including phenoxy) is 1. The summed E-state index contributed by atoms with van der Waals surface area (Å²) in [5, 5.41) is 4.62. The highest BCUT2D eigenvalue weighted by molar-refractivity contribution is 14.0. The number of rotatable bonds is 5. The molecule has 132 valence electrons. The van der Waals surface area contributed by atoms with Crippen molar-refractivity contribution in [1.82, 2.24) is 15.2 Å². The Kier molecular flexibility index (Phi) is 7.36. The van der Waals surface area contributed by atoms with Crippen molar-refractivity contribution in [3.05, 3.63) is 36.0 Å². The Morgan fingerprint density at radius 1 is 1.42 bits per heavy atom. The van der Waals surface area contributed by atoms with Gasteiger partial charge < -0.3 is 19.9 Å². The third kappa shape index (κ3) is 4.86. The van der Waals surface area contributed by atoms with Gasteiger partial charge in [-0.15, -0.1) is 24.0 Å². The first-order valence-electron chi connectivity index (χ1n) is 8.40. The molecule has 1 atom stereocenters. The number of halogens is 1. The summed E-state index contributed by atoms with van der Waals surface area (Å²) >= 11 is 0. The molecular formula is C18H27IN4O. The van der Waals surface area contributed by atoms with Gasteiger partial charge in [-0.2, -0.15) is 0 Å². The summed E-state index contributed by atoms with van der Waals surface area (Å²) in [7, 11) is 2.10. The van der Waals surface area contributed by atoms with E-state index >= 15 is 0 Å². The van der Waals surface area contributed by atoms with Crippen LogP contribution in [0, 0.1) is 5.92 Å². The van der Waals surface area contributed by atoms with E-state index in [1.165, 1.54) is 10.9 Å². The molecule has 0 radical (unpaired) electrons. The number of H-pyrrole nitrogens is 1. The van der Waals surface area contributed by atoms with Crippen LogP contribution in [0.15, 0.2) is 35.3 Å². The minimum atomic E-state index is 0. The first kappa shape index (κ1) is 19.1. The second-order valence-electron chi connectivity index (χ2n) is 6.16. The van der Waals surface area contributed by atoms with Crippen LogP contribution in [-0.2, 0) is 11.3 Å². The van der Waals surface area contributed by atoms with Gasteiger partial charge in [0, 0.05) is 43.9 Å². The average molecular weight is 442 g/mol. The maximum Gasteiger partial charge on any atom is 0.194 e. The number of aromatic nitrogens is 1. The SMILES string of the molecule is CCNC(=NCc1cc2ccccc2[nH]1)N(C)CC1CCOC1.I. The van der Waals surface area contributed by atoms with E-state index in [1.807, 2.05) is 6.07 Å². The molecule has 1 fully saturated rings. The van der Waals surface area contributed by atoms with E-state index in [1.54, 1.807) is 0 Å². The van der Waals surface area contributed by atoms with Crippen LogP contribution in [0.2, 0.25) is 0 Å². The van der Waals surface area contributed by atoms with Gasteiger partial charge in [0.15, 0.2) is 5.96 Å². The average Bonchev–Trinajstić information content (AvgIpc) is 3.19. The lowest BCUT2D eigenvalue weighted by Crippen LogP contribution is -2.41. The van der Waals surface area contributed by atoms with Crippen molar-refractivity contribution < 1.29 is 4.74 Å². The molecule has 0 spiro atoms. The second kappa shape index (κ2) is 9.27.